The van der Waals surface area contributed by atoms with Crippen LogP contribution in [-0.4, -0.2) is 25.6 Å². The molecule has 0 aliphatic carbocycles. The van der Waals surface area contributed by atoms with E-state index in [0.717, 1.165) is 0 Å². The van der Waals surface area contributed by atoms with Crippen molar-refractivity contribution in [1.82, 2.24) is 14.5 Å². The van der Waals surface area contributed by atoms with Gasteiger partial charge in [0, 0.05) is 18.6 Å². The third-order valence-electron chi connectivity index (χ3n) is 1.70. The van der Waals surface area contributed by atoms with Crippen molar-refractivity contribution < 1.29 is 9.90 Å². The summed E-state index contributed by atoms with van der Waals surface area (Å²) < 4.78 is 1.65. The van der Waals surface area contributed by atoms with Crippen molar-refractivity contribution in [3.8, 4) is 5.95 Å². The predicted molar refractivity (Wildman–Crippen MR) is 48.3 cm³/mol. The van der Waals surface area contributed by atoms with Crippen LogP contribution in [0.4, 0.5) is 0 Å². The number of carboxylic acids is 1. The second kappa shape index (κ2) is 3.29. The molecule has 5 nitrogen and oxygen atoms in total. The van der Waals surface area contributed by atoms with Gasteiger partial charge in [-0.05, 0) is 18.2 Å². The number of rotatable bonds is 2. The van der Waals surface area contributed by atoms with E-state index in [9.17, 15) is 4.79 Å². The van der Waals surface area contributed by atoms with E-state index >= 15 is 0 Å². The lowest BCUT2D eigenvalue weighted by molar-refractivity contribution is 0.0690. The maximum Gasteiger partial charge on any atom is 0.354 e. The van der Waals surface area contributed by atoms with E-state index in [0.29, 0.717) is 5.95 Å². The minimum absolute atomic E-state index is 0.0105. The Balaban J connectivity index is 2.46. The van der Waals surface area contributed by atoms with E-state index in [2.05, 4.69) is 9.97 Å². The first-order chi connectivity index (χ1) is 6.77. The normalized spacial score (nSPS) is 10.0. The fourth-order valence-corrected chi connectivity index (χ4v) is 1.06. The molecule has 0 atom stereocenters. The highest BCUT2D eigenvalue weighted by Crippen LogP contribution is 2.02. The van der Waals surface area contributed by atoms with Gasteiger partial charge in [0.1, 0.15) is 0 Å². The summed E-state index contributed by atoms with van der Waals surface area (Å²) >= 11 is 0. The third kappa shape index (κ3) is 1.47. The lowest BCUT2D eigenvalue weighted by atomic mass is 10.4. The lowest BCUT2D eigenvalue weighted by Gasteiger charge is -2.00. The summed E-state index contributed by atoms with van der Waals surface area (Å²) in [5.41, 5.74) is -0.0105. The van der Waals surface area contributed by atoms with Crippen LogP contribution in [0.15, 0.2) is 36.8 Å². The molecule has 0 aliphatic rings. The Morgan fingerprint density at radius 1 is 1.36 bits per heavy atom. The van der Waals surface area contributed by atoms with Crippen LogP contribution < -0.4 is 0 Å². The number of hydrogen-bond acceptors (Lipinski definition) is 3. The Kier molecular flexibility index (Phi) is 1.98. The minimum Gasteiger partial charge on any atom is -0.477 e. The quantitative estimate of drug-likeness (QED) is 0.764. The van der Waals surface area contributed by atoms with Gasteiger partial charge in [0.15, 0.2) is 5.69 Å². The molecular formula is C9H7N3O2. The molecule has 0 spiro atoms. The molecule has 1 N–H and O–H groups in total. The molecule has 0 saturated carbocycles. The standard InChI is InChI=1S/C9H7N3O2/c13-8(14)7-3-4-10-9(11-7)12-5-1-2-6-12/h1-6H,(H,13,14). The highest BCUT2D eigenvalue weighted by molar-refractivity contribution is 5.85. The van der Waals surface area contributed by atoms with Gasteiger partial charge in [-0.2, -0.15) is 0 Å². The van der Waals surface area contributed by atoms with E-state index in [-0.39, 0.29) is 5.69 Å². The van der Waals surface area contributed by atoms with Crippen LogP contribution in [0, 0.1) is 0 Å². The van der Waals surface area contributed by atoms with Crippen molar-refractivity contribution in [2.75, 3.05) is 0 Å². The SMILES string of the molecule is O=C(O)c1ccnc(-n2cccc2)n1. The van der Waals surface area contributed by atoms with Crippen LogP contribution in [0.2, 0.25) is 0 Å². The van der Waals surface area contributed by atoms with Crippen LogP contribution >= 0.6 is 0 Å². The van der Waals surface area contributed by atoms with Crippen molar-refractivity contribution >= 4 is 5.97 Å². The second-order valence-electron chi connectivity index (χ2n) is 2.64. The van der Waals surface area contributed by atoms with E-state index in [1.54, 1.807) is 17.0 Å². The summed E-state index contributed by atoms with van der Waals surface area (Å²) in [5, 5.41) is 8.71. The maximum atomic E-state index is 10.6. The average Bonchev–Trinajstić information content (AvgIpc) is 2.71. The first-order valence-electron chi connectivity index (χ1n) is 3.97. The van der Waals surface area contributed by atoms with Crippen LogP contribution in [0.25, 0.3) is 5.95 Å². The average molecular weight is 189 g/mol. The first kappa shape index (κ1) is 8.43. The number of hydrogen-bond donors (Lipinski definition) is 1. The molecule has 2 aromatic heterocycles. The molecule has 70 valence electrons. The van der Waals surface area contributed by atoms with Crippen LogP contribution in [0.3, 0.4) is 0 Å². The summed E-state index contributed by atoms with van der Waals surface area (Å²) in [5.74, 6) is -0.698. The van der Waals surface area contributed by atoms with Crippen LogP contribution in [0.1, 0.15) is 10.5 Å². The van der Waals surface area contributed by atoms with Gasteiger partial charge in [-0.3, -0.25) is 4.57 Å². The highest BCUT2D eigenvalue weighted by atomic mass is 16.4. The first-order valence-corrected chi connectivity index (χ1v) is 3.97. The number of aromatic nitrogens is 3. The maximum absolute atomic E-state index is 10.6. The molecule has 5 heteroatoms. The van der Waals surface area contributed by atoms with Gasteiger partial charge in [-0.25, -0.2) is 14.8 Å². The highest BCUT2D eigenvalue weighted by Gasteiger charge is 2.06. The molecule has 0 aromatic carbocycles. The van der Waals surface area contributed by atoms with E-state index in [1.165, 1.54) is 12.3 Å². The van der Waals surface area contributed by atoms with Crippen molar-refractivity contribution in [3.05, 3.63) is 42.5 Å². The largest absolute Gasteiger partial charge is 0.477 e. The van der Waals surface area contributed by atoms with Gasteiger partial charge in [-0.1, -0.05) is 0 Å². The third-order valence-corrected chi connectivity index (χ3v) is 1.70. The molecule has 2 rings (SSSR count). The van der Waals surface area contributed by atoms with Gasteiger partial charge >= 0.3 is 5.97 Å². The fourth-order valence-electron chi connectivity index (χ4n) is 1.06. The van der Waals surface area contributed by atoms with Gasteiger partial charge in [0.25, 0.3) is 0 Å². The van der Waals surface area contributed by atoms with E-state index < -0.39 is 5.97 Å². The van der Waals surface area contributed by atoms with Gasteiger partial charge in [0.05, 0.1) is 0 Å². The fraction of sp³-hybridized carbons (Fsp3) is 0. The zero-order valence-corrected chi connectivity index (χ0v) is 7.16. The summed E-state index contributed by atoms with van der Waals surface area (Å²) in [6, 6.07) is 4.99. The number of aromatic carboxylic acids is 1. The topological polar surface area (TPSA) is 68.0 Å². The monoisotopic (exact) mass is 189 g/mol. The van der Waals surface area contributed by atoms with Crippen molar-refractivity contribution in [3.63, 3.8) is 0 Å². The van der Waals surface area contributed by atoms with Crippen molar-refractivity contribution in [2.24, 2.45) is 0 Å². The summed E-state index contributed by atoms with van der Waals surface area (Å²) in [7, 11) is 0. The van der Waals surface area contributed by atoms with Gasteiger partial charge in [0.2, 0.25) is 5.95 Å². The number of carbonyl (C=O) groups is 1. The molecule has 14 heavy (non-hydrogen) atoms. The molecule has 0 radical (unpaired) electrons. The number of carboxylic acid groups (broad SMARTS) is 1. The zero-order chi connectivity index (χ0) is 9.97. The molecule has 0 amide bonds. The predicted octanol–water partition coefficient (Wildman–Crippen LogP) is 0.965. The Bertz CT molecular complexity index is 451. The Labute approximate surface area is 79.7 Å². The van der Waals surface area contributed by atoms with Crippen LogP contribution in [-0.2, 0) is 0 Å². The number of nitrogens with zero attached hydrogens (tertiary/aromatic N) is 3. The van der Waals surface area contributed by atoms with E-state index in [4.69, 9.17) is 5.11 Å². The Hall–Kier alpha value is -2.17. The van der Waals surface area contributed by atoms with Crippen LogP contribution in [0.5, 0.6) is 0 Å². The molecule has 2 aromatic rings. The second-order valence-corrected chi connectivity index (χ2v) is 2.64. The molecule has 0 saturated heterocycles. The minimum atomic E-state index is -1.05. The molecule has 0 bridgehead atoms. The van der Waals surface area contributed by atoms with Crippen molar-refractivity contribution in [2.45, 2.75) is 0 Å². The molecule has 0 aliphatic heterocycles. The summed E-state index contributed by atoms with van der Waals surface area (Å²) in [6.07, 6.45) is 4.92. The molecule has 0 fully saturated rings. The van der Waals surface area contributed by atoms with E-state index in [1.807, 2.05) is 12.1 Å². The molecular weight excluding hydrogens is 182 g/mol. The summed E-state index contributed by atoms with van der Waals surface area (Å²) in [4.78, 5) is 18.4. The van der Waals surface area contributed by atoms with Gasteiger partial charge in [-0.15, -0.1) is 0 Å². The molecule has 2 heterocycles. The Morgan fingerprint density at radius 2 is 2.07 bits per heavy atom. The van der Waals surface area contributed by atoms with Gasteiger partial charge < -0.3 is 5.11 Å². The Morgan fingerprint density at radius 3 is 2.71 bits per heavy atom. The lowest BCUT2D eigenvalue weighted by Crippen LogP contribution is -2.05. The van der Waals surface area contributed by atoms with Crippen molar-refractivity contribution in [1.29, 1.82) is 0 Å². The smallest absolute Gasteiger partial charge is 0.354 e. The summed E-state index contributed by atoms with van der Waals surface area (Å²) in [6.45, 7) is 0. The zero-order valence-electron chi connectivity index (χ0n) is 7.16. The molecule has 0 unspecified atom stereocenters.